The zero-order chi connectivity index (χ0) is 15.0. The second-order valence-corrected chi connectivity index (χ2v) is 6.48. The summed E-state index contributed by atoms with van der Waals surface area (Å²) in [5.41, 5.74) is 0. The topological polar surface area (TPSA) is 70.1 Å². The maximum absolute atomic E-state index is 12.8. The fraction of sp³-hybridized carbons (Fsp3) is 0.867. The number of carboxylic acid groups (broad SMARTS) is 1. The normalized spacial score (nSPS) is 36.4. The predicted octanol–water partition coefficient (Wildman–Crippen LogP) is 1.54. The average Bonchev–Trinajstić information content (AvgIpc) is 2.88. The monoisotopic (exact) mass is 296 g/mol. The van der Waals surface area contributed by atoms with E-state index in [1.165, 1.54) is 0 Å². The van der Waals surface area contributed by atoms with Gasteiger partial charge in [-0.15, -0.1) is 0 Å². The number of carbonyl (C=O) groups is 2. The third-order valence-electron chi connectivity index (χ3n) is 5.18. The van der Waals surface area contributed by atoms with Crippen LogP contribution < -0.4 is 0 Å². The van der Waals surface area contributed by atoms with Crippen LogP contribution in [0.15, 0.2) is 0 Å². The van der Waals surface area contributed by atoms with Crippen LogP contribution in [0.1, 0.15) is 39.0 Å². The van der Waals surface area contributed by atoms with E-state index in [1.54, 1.807) is 4.90 Å². The maximum Gasteiger partial charge on any atom is 0.326 e. The number of morpholine rings is 1. The van der Waals surface area contributed by atoms with E-state index in [9.17, 15) is 14.7 Å². The van der Waals surface area contributed by atoms with Crippen LogP contribution in [0.2, 0.25) is 0 Å². The minimum Gasteiger partial charge on any atom is -0.480 e. The number of urea groups is 1. The minimum atomic E-state index is -0.887. The summed E-state index contributed by atoms with van der Waals surface area (Å²) in [6, 6.07) is -0.653. The summed E-state index contributed by atoms with van der Waals surface area (Å²) in [4.78, 5) is 27.7. The first kappa shape index (κ1) is 14.6. The van der Waals surface area contributed by atoms with Gasteiger partial charge in [0, 0.05) is 13.1 Å². The first-order chi connectivity index (χ1) is 10.1. The fourth-order valence-electron chi connectivity index (χ4n) is 4.04. The lowest BCUT2D eigenvalue weighted by molar-refractivity contribution is -0.142. The number of likely N-dealkylation sites (tertiary alicyclic amines) is 1. The van der Waals surface area contributed by atoms with Gasteiger partial charge in [-0.05, 0) is 25.2 Å². The number of nitrogens with zero attached hydrogens (tertiary/aromatic N) is 2. The second-order valence-electron chi connectivity index (χ2n) is 6.48. The van der Waals surface area contributed by atoms with Gasteiger partial charge in [0.1, 0.15) is 6.04 Å². The average molecular weight is 296 g/mol. The largest absolute Gasteiger partial charge is 0.480 e. The van der Waals surface area contributed by atoms with Crippen molar-refractivity contribution < 1.29 is 19.4 Å². The van der Waals surface area contributed by atoms with E-state index in [1.807, 2.05) is 11.8 Å². The molecular weight excluding hydrogens is 272 g/mol. The fourth-order valence-corrected chi connectivity index (χ4v) is 4.04. The van der Waals surface area contributed by atoms with Gasteiger partial charge >= 0.3 is 12.0 Å². The third kappa shape index (κ3) is 2.61. The molecule has 0 aromatic carbocycles. The molecule has 3 rings (SSSR count). The highest BCUT2D eigenvalue weighted by molar-refractivity contribution is 5.84. The molecule has 1 saturated carbocycles. The molecule has 4 atom stereocenters. The minimum absolute atomic E-state index is 0.0228. The predicted molar refractivity (Wildman–Crippen MR) is 76.0 cm³/mol. The first-order valence-corrected chi connectivity index (χ1v) is 8.01. The van der Waals surface area contributed by atoms with Gasteiger partial charge in [-0.3, -0.25) is 0 Å². The highest BCUT2D eigenvalue weighted by atomic mass is 16.5. The summed E-state index contributed by atoms with van der Waals surface area (Å²) in [7, 11) is 0. The van der Waals surface area contributed by atoms with E-state index in [4.69, 9.17) is 4.74 Å². The van der Waals surface area contributed by atoms with Crippen molar-refractivity contribution in [1.82, 2.24) is 9.80 Å². The lowest BCUT2D eigenvalue weighted by Gasteiger charge is -2.45. The molecule has 118 valence electrons. The molecule has 0 bridgehead atoms. The SMILES string of the molecule is CC1CCN(C(=O)N2CCOC3CCCCC32)C1C(=O)O. The number of hydrogen-bond donors (Lipinski definition) is 1. The Kier molecular flexibility index (Phi) is 4.06. The summed E-state index contributed by atoms with van der Waals surface area (Å²) < 4.78 is 5.79. The van der Waals surface area contributed by atoms with Crippen molar-refractivity contribution in [2.75, 3.05) is 19.7 Å². The first-order valence-electron chi connectivity index (χ1n) is 8.01. The van der Waals surface area contributed by atoms with Gasteiger partial charge in [-0.1, -0.05) is 19.8 Å². The van der Waals surface area contributed by atoms with Crippen LogP contribution in [0.4, 0.5) is 4.79 Å². The van der Waals surface area contributed by atoms with Crippen LogP contribution in [0.3, 0.4) is 0 Å². The standard InChI is InChI=1S/C15H24N2O4/c1-10-6-7-17(13(10)14(18)19)15(20)16-8-9-21-12-5-3-2-4-11(12)16/h10-13H,2-9H2,1H3,(H,18,19). The highest BCUT2D eigenvalue weighted by Crippen LogP contribution is 2.31. The van der Waals surface area contributed by atoms with E-state index >= 15 is 0 Å². The zero-order valence-electron chi connectivity index (χ0n) is 12.5. The van der Waals surface area contributed by atoms with Crippen LogP contribution in [0, 0.1) is 5.92 Å². The molecule has 2 saturated heterocycles. The second kappa shape index (κ2) is 5.83. The Morgan fingerprint density at radius 2 is 1.86 bits per heavy atom. The van der Waals surface area contributed by atoms with E-state index in [2.05, 4.69) is 0 Å². The number of hydrogen-bond acceptors (Lipinski definition) is 3. The van der Waals surface area contributed by atoms with Gasteiger partial charge in [0.15, 0.2) is 0 Å². The van der Waals surface area contributed by atoms with Gasteiger partial charge in [-0.25, -0.2) is 9.59 Å². The molecule has 1 N–H and O–H groups in total. The van der Waals surface area contributed by atoms with E-state index < -0.39 is 12.0 Å². The van der Waals surface area contributed by atoms with E-state index in [-0.39, 0.29) is 24.1 Å². The van der Waals surface area contributed by atoms with Crippen molar-refractivity contribution in [3.05, 3.63) is 0 Å². The van der Waals surface area contributed by atoms with Crippen molar-refractivity contribution in [2.45, 2.75) is 57.2 Å². The number of amides is 2. The van der Waals surface area contributed by atoms with Gasteiger partial charge in [-0.2, -0.15) is 0 Å². The van der Waals surface area contributed by atoms with Crippen LogP contribution in [-0.4, -0.2) is 64.8 Å². The smallest absolute Gasteiger partial charge is 0.326 e. The summed E-state index contributed by atoms with van der Waals surface area (Å²) in [5, 5.41) is 9.40. The molecule has 0 aromatic rings. The van der Waals surface area contributed by atoms with Crippen LogP contribution >= 0.6 is 0 Å². The van der Waals surface area contributed by atoms with Crippen molar-refractivity contribution in [1.29, 1.82) is 0 Å². The summed E-state index contributed by atoms with van der Waals surface area (Å²) in [5.74, 6) is -0.864. The number of carboxylic acids is 1. The van der Waals surface area contributed by atoms with Gasteiger partial charge in [0.2, 0.25) is 0 Å². The molecule has 0 radical (unpaired) electrons. The Morgan fingerprint density at radius 1 is 1.10 bits per heavy atom. The molecule has 6 nitrogen and oxygen atoms in total. The van der Waals surface area contributed by atoms with Crippen molar-refractivity contribution >= 4 is 12.0 Å². The Bertz CT molecular complexity index is 426. The summed E-state index contributed by atoms with van der Waals surface area (Å²) in [6.45, 7) is 3.60. The van der Waals surface area contributed by atoms with Gasteiger partial charge in [0.25, 0.3) is 0 Å². The number of fused-ring (bicyclic) bond motifs is 1. The molecule has 6 heteroatoms. The van der Waals surface area contributed by atoms with Gasteiger partial charge < -0.3 is 19.6 Å². The Balaban J connectivity index is 1.76. The molecular formula is C15H24N2O4. The number of aliphatic carboxylic acids is 1. The summed E-state index contributed by atoms with van der Waals surface area (Å²) >= 11 is 0. The Morgan fingerprint density at radius 3 is 2.62 bits per heavy atom. The van der Waals surface area contributed by atoms with Crippen LogP contribution in [-0.2, 0) is 9.53 Å². The molecule has 4 unspecified atom stereocenters. The van der Waals surface area contributed by atoms with Crippen molar-refractivity contribution in [3.63, 3.8) is 0 Å². The quantitative estimate of drug-likeness (QED) is 0.797. The molecule has 2 aliphatic heterocycles. The Labute approximate surface area is 125 Å². The van der Waals surface area contributed by atoms with Gasteiger partial charge in [0.05, 0.1) is 18.8 Å². The number of carbonyl (C=O) groups excluding carboxylic acids is 1. The summed E-state index contributed by atoms with van der Waals surface area (Å²) in [6.07, 6.45) is 5.15. The molecule has 1 aliphatic carbocycles. The molecule has 3 aliphatic rings. The molecule has 21 heavy (non-hydrogen) atoms. The highest BCUT2D eigenvalue weighted by Gasteiger charge is 2.44. The molecule has 2 heterocycles. The molecule has 3 fully saturated rings. The number of ether oxygens (including phenoxy) is 1. The van der Waals surface area contributed by atoms with Crippen LogP contribution in [0.5, 0.6) is 0 Å². The lowest BCUT2D eigenvalue weighted by Crippen LogP contribution is -2.59. The third-order valence-corrected chi connectivity index (χ3v) is 5.18. The van der Waals surface area contributed by atoms with E-state index in [0.29, 0.717) is 19.7 Å². The van der Waals surface area contributed by atoms with Crippen LogP contribution in [0.25, 0.3) is 0 Å². The lowest BCUT2D eigenvalue weighted by atomic mass is 9.90. The molecule has 0 aromatic heterocycles. The van der Waals surface area contributed by atoms with Crippen molar-refractivity contribution in [2.24, 2.45) is 5.92 Å². The Hall–Kier alpha value is -1.30. The maximum atomic E-state index is 12.8. The molecule has 2 amide bonds. The molecule has 0 spiro atoms. The number of rotatable bonds is 1. The zero-order valence-corrected chi connectivity index (χ0v) is 12.5. The van der Waals surface area contributed by atoms with E-state index in [0.717, 1.165) is 32.1 Å². The van der Waals surface area contributed by atoms with Crippen molar-refractivity contribution in [3.8, 4) is 0 Å².